The molecule has 3 rings (SSSR count). The highest BCUT2D eigenvalue weighted by molar-refractivity contribution is 9.10. The molecule has 1 aliphatic rings. The lowest BCUT2D eigenvalue weighted by Gasteiger charge is -2.42. The predicted octanol–water partition coefficient (Wildman–Crippen LogP) is 7.10. The minimum absolute atomic E-state index is 0.0282. The molecule has 0 unspecified atom stereocenters. The summed E-state index contributed by atoms with van der Waals surface area (Å²) in [5.74, 6) is 0. The van der Waals surface area contributed by atoms with Crippen LogP contribution in [0, 0.1) is 0 Å². The third-order valence-electron chi connectivity index (χ3n) is 4.77. The summed E-state index contributed by atoms with van der Waals surface area (Å²) in [4.78, 5) is 2.38. The molecule has 0 spiro atoms. The molecule has 1 heterocycles. The molecule has 24 heavy (non-hydrogen) atoms. The second kappa shape index (κ2) is 6.60. The van der Waals surface area contributed by atoms with Crippen LogP contribution in [0.4, 0.5) is 11.4 Å². The lowest BCUT2D eigenvalue weighted by molar-refractivity contribution is 0.630. The van der Waals surface area contributed by atoms with Crippen LogP contribution in [0.3, 0.4) is 0 Å². The van der Waals surface area contributed by atoms with Gasteiger partial charge >= 0.3 is 0 Å². The molecule has 2 aromatic rings. The van der Waals surface area contributed by atoms with Gasteiger partial charge in [0.05, 0.1) is 11.4 Å². The fourth-order valence-corrected chi connectivity index (χ4v) is 3.85. The molecule has 0 radical (unpaired) electrons. The standard InChI is InChI=1S/C22H24BrN/c1-5-7-10-17(6-2)24-20-12-9-8-11-18(20)22(3,4)19-15-16(23)13-14-21(19)24/h6-15H,5H2,1-4H3/b10-7-,17-6+. The fraction of sp³-hybridized carbons (Fsp3) is 0.273. The molecular weight excluding hydrogens is 358 g/mol. The number of fused-ring (bicyclic) bond motifs is 2. The van der Waals surface area contributed by atoms with E-state index in [4.69, 9.17) is 0 Å². The molecule has 0 saturated heterocycles. The molecule has 0 fully saturated rings. The van der Waals surface area contributed by atoms with E-state index < -0.39 is 0 Å². The van der Waals surface area contributed by atoms with Crippen LogP contribution in [0.2, 0.25) is 0 Å². The third kappa shape index (κ3) is 2.73. The Morgan fingerprint density at radius 1 is 1.08 bits per heavy atom. The van der Waals surface area contributed by atoms with Crippen molar-refractivity contribution in [2.75, 3.05) is 4.90 Å². The molecule has 0 N–H and O–H groups in total. The molecule has 0 amide bonds. The van der Waals surface area contributed by atoms with Crippen LogP contribution in [-0.2, 0) is 5.41 Å². The molecule has 1 aliphatic heterocycles. The van der Waals surface area contributed by atoms with E-state index in [9.17, 15) is 0 Å². The first-order valence-corrected chi connectivity index (χ1v) is 9.32. The summed E-state index contributed by atoms with van der Waals surface area (Å²) in [6, 6.07) is 15.4. The summed E-state index contributed by atoms with van der Waals surface area (Å²) in [7, 11) is 0. The minimum atomic E-state index is -0.0282. The van der Waals surface area contributed by atoms with Crippen LogP contribution in [0.15, 0.2) is 70.9 Å². The van der Waals surface area contributed by atoms with Gasteiger partial charge in [0.25, 0.3) is 0 Å². The van der Waals surface area contributed by atoms with E-state index in [1.807, 2.05) is 0 Å². The number of nitrogens with zero attached hydrogens (tertiary/aromatic N) is 1. The second-order valence-electron chi connectivity index (χ2n) is 6.66. The topological polar surface area (TPSA) is 3.24 Å². The molecular formula is C22H24BrN. The highest BCUT2D eigenvalue weighted by atomic mass is 79.9. The van der Waals surface area contributed by atoms with Crippen molar-refractivity contribution in [1.29, 1.82) is 0 Å². The Morgan fingerprint density at radius 2 is 1.79 bits per heavy atom. The lowest BCUT2D eigenvalue weighted by Crippen LogP contribution is -2.32. The van der Waals surface area contributed by atoms with E-state index in [2.05, 4.69) is 109 Å². The van der Waals surface area contributed by atoms with Crippen LogP contribution < -0.4 is 4.90 Å². The number of anilines is 2. The van der Waals surface area contributed by atoms with Gasteiger partial charge in [-0.15, -0.1) is 0 Å². The van der Waals surface area contributed by atoms with Gasteiger partial charge in [0.15, 0.2) is 0 Å². The zero-order valence-electron chi connectivity index (χ0n) is 14.8. The Morgan fingerprint density at radius 3 is 2.50 bits per heavy atom. The number of para-hydroxylation sites is 1. The van der Waals surface area contributed by atoms with Crippen molar-refractivity contribution in [2.24, 2.45) is 0 Å². The molecule has 2 aromatic carbocycles. The van der Waals surface area contributed by atoms with E-state index in [-0.39, 0.29) is 5.41 Å². The van der Waals surface area contributed by atoms with Gasteiger partial charge in [0.2, 0.25) is 0 Å². The largest absolute Gasteiger partial charge is 0.310 e. The number of hydrogen-bond donors (Lipinski definition) is 0. The van der Waals surface area contributed by atoms with E-state index in [1.54, 1.807) is 0 Å². The van der Waals surface area contributed by atoms with Gasteiger partial charge < -0.3 is 4.90 Å². The number of benzene rings is 2. The Balaban J connectivity index is 2.30. The first-order valence-electron chi connectivity index (χ1n) is 8.53. The molecule has 0 atom stereocenters. The number of halogens is 1. The Bertz CT molecular complexity index is 814. The van der Waals surface area contributed by atoms with E-state index in [0.29, 0.717) is 0 Å². The number of hydrogen-bond acceptors (Lipinski definition) is 1. The van der Waals surface area contributed by atoms with Gasteiger partial charge in [0.1, 0.15) is 0 Å². The Kier molecular flexibility index (Phi) is 4.69. The Hall–Kier alpha value is -1.80. The highest BCUT2D eigenvalue weighted by Gasteiger charge is 2.36. The van der Waals surface area contributed by atoms with Crippen LogP contribution in [0.25, 0.3) is 0 Å². The van der Waals surface area contributed by atoms with E-state index in [0.717, 1.165) is 10.9 Å². The maximum atomic E-state index is 3.65. The van der Waals surface area contributed by atoms with Gasteiger partial charge in [-0.05, 0) is 54.8 Å². The summed E-state index contributed by atoms with van der Waals surface area (Å²) >= 11 is 3.65. The Labute approximate surface area is 153 Å². The fourth-order valence-electron chi connectivity index (χ4n) is 3.49. The predicted molar refractivity (Wildman–Crippen MR) is 108 cm³/mol. The van der Waals surface area contributed by atoms with Gasteiger partial charge in [0, 0.05) is 15.6 Å². The van der Waals surface area contributed by atoms with Crippen molar-refractivity contribution >= 4 is 27.3 Å². The molecule has 0 aromatic heterocycles. The average Bonchev–Trinajstić information content (AvgIpc) is 2.58. The van der Waals surface area contributed by atoms with Gasteiger partial charge in [-0.1, -0.05) is 67.1 Å². The zero-order valence-corrected chi connectivity index (χ0v) is 16.4. The third-order valence-corrected chi connectivity index (χ3v) is 5.26. The SMILES string of the molecule is C/C=C(\C=C/CC)N1c2ccccc2C(C)(C)c2cc(Br)ccc21. The quantitative estimate of drug-likeness (QED) is 0.512. The molecule has 1 nitrogen and oxygen atoms in total. The van der Waals surface area contributed by atoms with Crippen molar-refractivity contribution in [3.63, 3.8) is 0 Å². The smallest absolute Gasteiger partial charge is 0.0503 e. The van der Waals surface area contributed by atoms with Crippen molar-refractivity contribution in [1.82, 2.24) is 0 Å². The molecule has 0 aliphatic carbocycles. The monoisotopic (exact) mass is 381 g/mol. The van der Waals surface area contributed by atoms with Crippen LogP contribution >= 0.6 is 15.9 Å². The van der Waals surface area contributed by atoms with E-state index in [1.165, 1.54) is 28.2 Å². The minimum Gasteiger partial charge on any atom is -0.310 e. The summed E-state index contributed by atoms with van der Waals surface area (Å²) in [5.41, 5.74) is 6.42. The maximum Gasteiger partial charge on any atom is 0.0503 e. The van der Waals surface area contributed by atoms with Crippen LogP contribution in [-0.4, -0.2) is 0 Å². The van der Waals surface area contributed by atoms with Crippen LogP contribution in [0.1, 0.15) is 45.2 Å². The van der Waals surface area contributed by atoms with Crippen molar-refractivity contribution in [3.05, 3.63) is 82.0 Å². The summed E-state index contributed by atoms with van der Waals surface area (Å²) in [6.07, 6.45) is 7.66. The lowest BCUT2D eigenvalue weighted by atomic mass is 9.73. The van der Waals surface area contributed by atoms with E-state index >= 15 is 0 Å². The molecule has 124 valence electrons. The first kappa shape index (κ1) is 17.0. The van der Waals surface area contributed by atoms with Gasteiger partial charge in [-0.25, -0.2) is 0 Å². The maximum absolute atomic E-state index is 3.65. The van der Waals surface area contributed by atoms with Gasteiger partial charge in [-0.2, -0.15) is 0 Å². The summed E-state index contributed by atoms with van der Waals surface area (Å²) < 4.78 is 1.12. The highest BCUT2D eigenvalue weighted by Crippen LogP contribution is 2.50. The molecule has 0 saturated carbocycles. The van der Waals surface area contributed by atoms with Gasteiger partial charge in [-0.3, -0.25) is 0 Å². The number of allylic oxidation sites excluding steroid dienone is 3. The zero-order chi connectivity index (χ0) is 17.3. The van der Waals surface area contributed by atoms with Crippen molar-refractivity contribution in [2.45, 2.75) is 39.5 Å². The summed E-state index contributed by atoms with van der Waals surface area (Å²) in [5, 5.41) is 0. The normalized spacial score (nSPS) is 16.2. The average molecular weight is 382 g/mol. The van der Waals surface area contributed by atoms with Crippen LogP contribution in [0.5, 0.6) is 0 Å². The first-order chi connectivity index (χ1) is 11.5. The summed E-state index contributed by atoms with van der Waals surface area (Å²) in [6.45, 7) is 8.90. The van der Waals surface area contributed by atoms with Crippen molar-refractivity contribution in [3.8, 4) is 0 Å². The van der Waals surface area contributed by atoms with Crippen molar-refractivity contribution < 1.29 is 0 Å². The second-order valence-corrected chi connectivity index (χ2v) is 7.58. The molecule has 2 heteroatoms. The molecule has 0 bridgehead atoms. The number of rotatable bonds is 3.